The van der Waals surface area contributed by atoms with Crippen LogP contribution in [0.3, 0.4) is 0 Å². The third kappa shape index (κ3) is 6.21. The number of halogens is 1. The summed E-state index contributed by atoms with van der Waals surface area (Å²) in [5.74, 6) is -0.162. The van der Waals surface area contributed by atoms with Crippen molar-refractivity contribution in [3.8, 4) is 0 Å². The van der Waals surface area contributed by atoms with Crippen LogP contribution in [-0.2, 0) is 17.9 Å². The Kier molecular flexibility index (Phi) is 6.98. The SMILES string of the molecule is CNC(=O)c1ccc(CN(C)CC(=O)NCc2cccc(Cl)c2)cc1. The van der Waals surface area contributed by atoms with Crippen molar-refractivity contribution >= 4 is 23.4 Å². The molecule has 0 spiro atoms. The molecule has 2 aromatic rings. The highest BCUT2D eigenvalue weighted by atomic mass is 35.5. The third-order valence-corrected chi connectivity index (χ3v) is 3.92. The molecule has 6 heteroatoms. The lowest BCUT2D eigenvalue weighted by Gasteiger charge is -2.16. The molecule has 0 atom stereocenters. The number of hydrogen-bond donors (Lipinski definition) is 2. The highest BCUT2D eigenvalue weighted by molar-refractivity contribution is 6.30. The van der Waals surface area contributed by atoms with E-state index in [-0.39, 0.29) is 18.4 Å². The van der Waals surface area contributed by atoms with E-state index in [1.165, 1.54) is 0 Å². The molecule has 0 aromatic heterocycles. The smallest absolute Gasteiger partial charge is 0.251 e. The first-order valence-corrected chi connectivity index (χ1v) is 8.36. The molecule has 132 valence electrons. The first-order valence-electron chi connectivity index (χ1n) is 7.98. The Hall–Kier alpha value is -2.37. The van der Waals surface area contributed by atoms with Crippen molar-refractivity contribution in [1.29, 1.82) is 0 Å². The van der Waals surface area contributed by atoms with Gasteiger partial charge in [-0.3, -0.25) is 14.5 Å². The van der Waals surface area contributed by atoms with Gasteiger partial charge in [-0.25, -0.2) is 0 Å². The van der Waals surface area contributed by atoms with Crippen molar-refractivity contribution in [2.45, 2.75) is 13.1 Å². The zero-order chi connectivity index (χ0) is 18.2. The summed E-state index contributed by atoms with van der Waals surface area (Å²) in [7, 11) is 3.48. The summed E-state index contributed by atoms with van der Waals surface area (Å²) in [5.41, 5.74) is 2.62. The number of nitrogens with one attached hydrogen (secondary N) is 2. The highest BCUT2D eigenvalue weighted by Gasteiger charge is 2.08. The lowest BCUT2D eigenvalue weighted by Crippen LogP contribution is -2.34. The highest BCUT2D eigenvalue weighted by Crippen LogP contribution is 2.10. The van der Waals surface area contributed by atoms with Gasteiger partial charge in [-0.1, -0.05) is 35.9 Å². The second-order valence-electron chi connectivity index (χ2n) is 5.85. The average Bonchev–Trinajstić information content (AvgIpc) is 2.60. The van der Waals surface area contributed by atoms with Crippen LogP contribution in [0.4, 0.5) is 0 Å². The van der Waals surface area contributed by atoms with Crippen LogP contribution in [0.1, 0.15) is 21.5 Å². The molecule has 0 heterocycles. The van der Waals surface area contributed by atoms with E-state index in [1.54, 1.807) is 25.2 Å². The Morgan fingerprint density at radius 2 is 1.80 bits per heavy atom. The van der Waals surface area contributed by atoms with Crippen LogP contribution in [0, 0.1) is 0 Å². The van der Waals surface area contributed by atoms with Gasteiger partial charge < -0.3 is 10.6 Å². The van der Waals surface area contributed by atoms with Crippen LogP contribution < -0.4 is 10.6 Å². The molecule has 25 heavy (non-hydrogen) atoms. The van der Waals surface area contributed by atoms with E-state index in [0.29, 0.717) is 23.7 Å². The van der Waals surface area contributed by atoms with Crippen molar-refractivity contribution in [3.63, 3.8) is 0 Å². The topological polar surface area (TPSA) is 61.4 Å². The molecule has 0 saturated heterocycles. The molecular weight excluding hydrogens is 338 g/mol. The summed E-state index contributed by atoms with van der Waals surface area (Å²) in [4.78, 5) is 25.5. The third-order valence-electron chi connectivity index (χ3n) is 3.69. The van der Waals surface area contributed by atoms with Crippen LogP contribution in [0.2, 0.25) is 5.02 Å². The Balaban J connectivity index is 1.80. The van der Waals surface area contributed by atoms with E-state index in [1.807, 2.05) is 42.3 Å². The summed E-state index contributed by atoms with van der Waals surface area (Å²) in [5, 5.41) is 6.13. The normalized spacial score (nSPS) is 10.6. The Morgan fingerprint density at radius 3 is 2.44 bits per heavy atom. The number of amides is 2. The van der Waals surface area contributed by atoms with Gasteiger partial charge in [-0.2, -0.15) is 0 Å². The molecule has 2 amide bonds. The fraction of sp³-hybridized carbons (Fsp3) is 0.263. The minimum Gasteiger partial charge on any atom is -0.355 e. The van der Waals surface area contributed by atoms with Crippen molar-refractivity contribution in [3.05, 3.63) is 70.2 Å². The van der Waals surface area contributed by atoms with Crippen molar-refractivity contribution in [2.75, 3.05) is 20.6 Å². The minimum atomic E-state index is -0.111. The van der Waals surface area contributed by atoms with Crippen molar-refractivity contribution in [1.82, 2.24) is 15.5 Å². The quantitative estimate of drug-likeness (QED) is 0.798. The molecule has 0 saturated carbocycles. The van der Waals surface area contributed by atoms with Crippen molar-refractivity contribution < 1.29 is 9.59 Å². The summed E-state index contributed by atoms with van der Waals surface area (Å²) in [6.45, 7) is 1.37. The van der Waals surface area contributed by atoms with E-state index < -0.39 is 0 Å². The standard InChI is InChI=1S/C19H22ClN3O2/c1-21-19(25)16-8-6-14(7-9-16)12-23(2)13-18(24)22-11-15-4-3-5-17(20)10-15/h3-10H,11-13H2,1-2H3,(H,21,25)(H,22,24). The average molecular weight is 360 g/mol. The number of hydrogen-bond acceptors (Lipinski definition) is 3. The fourth-order valence-corrected chi connectivity index (χ4v) is 2.63. The molecule has 0 aliphatic rings. The van der Waals surface area contributed by atoms with E-state index in [9.17, 15) is 9.59 Å². The van der Waals surface area contributed by atoms with Crippen molar-refractivity contribution in [2.24, 2.45) is 0 Å². The molecule has 0 unspecified atom stereocenters. The van der Waals surface area contributed by atoms with Crippen LogP contribution in [0.15, 0.2) is 48.5 Å². The van der Waals surface area contributed by atoms with Crippen LogP contribution >= 0.6 is 11.6 Å². The molecule has 0 radical (unpaired) electrons. The number of nitrogens with zero attached hydrogens (tertiary/aromatic N) is 1. The van der Waals surface area contributed by atoms with Gasteiger partial charge in [-0.15, -0.1) is 0 Å². The van der Waals surface area contributed by atoms with Gasteiger partial charge >= 0.3 is 0 Å². The van der Waals surface area contributed by atoms with Gasteiger partial charge in [0, 0.05) is 30.7 Å². The van der Waals surface area contributed by atoms with Gasteiger partial charge in [0.2, 0.25) is 5.91 Å². The molecule has 2 rings (SSSR count). The lowest BCUT2D eigenvalue weighted by molar-refractivity contribution is -0.122. The van der Waals surface area contributed by atoms with E-state index in [0.717, 1.165) is 11.1 Å². The Morgan fingerprint density at radius 1 is 1.08 bits per heavy atom. The predicted octanol–water partition coefficient (Wildman–Crippen LogP) is 2.45. The molecule has 2 aromatic carbocycles. The molecule has 0 bridgehead atoms. The summed E-state index contributed by atoms with van der Waals surface area (Å²) < 4.78 is 0. The number of benzene rings is 2. The second kappa shape index (κ2) is 9.20. The summed E-state index contributed by atoms with van der Waals surface area (Å²) >= 11 is 5.93. The van der Waals surface area contributed by atoms with Gasteiger partial charge in [0.25, 0.3) is 5.91 Å². The lowest BCUT2D eigenvalue weighted by atomic mass is 10.1. The monoisotopic (exact) mass is 359 g/mol. The van der Waals surface area contributed by atoms with Crippen LogP contribution in [0.25, 0.3) is 0 Å². The molecule has 0 fully saturated rings. The number of carbonyl (C=O) groups excluding carboxylic acids is 2. The first-order chi connectivity index (χ1) is 12.0. The van der Waals surface area contributed by atoms with Gasteiger partial charge in [-0.05, 0) is 42.4 Å². The van der Waals surface area contributed by atoms with Crippen LogP contribution in [0.5, 0.6) is 0 Å². The van der Waals surface area contributed by atoms with E-state index in [4.69, 9.17) is 11.6 Å². The summed E-state index contributed by atoms with van der Waals surface area (Å²) in [6.07, 6.45) is 0. The Bertz CT molecular complexity index is 732. The molecule has 0 aliphatic heterocycles. The number of rotatable bonds is 7. The maximum atomic E-state index is 12.0. The van der Waals surface area contributed by atoms with Crippen LogP contribution in [-0.4, -0.2) is 37.4 Å². The van der Waals surface area contributed by atoms with Gasteiger partial charge in [0.1, 0.15) is 0 Å². The first kappa shape index (κ1) is 19.0. The predicted molar refractivity (Wildman–Crippen MR) is 99.5 cm³/mol. The maximum Gasteiger partial charge on any atom is 0.251 e. The zero-order valence-corrected chi connectivity index (χ0v) is 15.1. The van der Waals surface area contributed by atoms with Gasteiger partial charge in [0.15, 0.2) is 0 Å². The maximum absolute atomic E-state index is 12.0. The van der Waals surface area contributed by atoms with E-state index in [2.05, 4.69) is 10.6 Å². The minimum absolute atomic E-state index is 0.0514. The zero-order valence-electron chi connectivity index (χ0n) is 14.4. The Labute approximate surface area is 153 Å². The fourth-order valence-electron chi connectivity index (χ4n) is 2.42. The van der Waals surface area contributed by atoms with Gasteiger partial charge in [0.05, 0.1) is 6.54 Å². The largest absolute Gasteiger partial charge is 0.355 e. The van der Waals surface area contributed by atoms with E-state index >= 15 is 0 Å². The molecule has 0 aliphatic carbocycles. The molecule has 5 nitrogen and oxygen atoms in total. The second-order valence-corrected chi connectivity index (χ2v) is 6.29. The molecule has 2 N–H and O–H groups in total. The number of likely N-dealkylation sites (N-methyl/N-ethyl adjacent to an activating group) is 1. The molecular formula is C19H22ClN3O2. The summed E-state index contributed by atoms with van der Waals surface area (Å²) in [6, 6.07) is 14.8. The number of carbonyl (C=O) groups is 2.